The lowest BCUT2D eigenvalue weighted by Gasteiger charge is -2.40. The van der Waals surface area contributed by atoms with Gasteiger partial charge in [0.1, 0.15) is 0 Å². The smallest absolute Gasteiger partial charge is 0.0727 e. The zero-order valence-electron chi connectivity index (χ0n) is 12.6. The van der Waals surface area contributed by atoms with Crippen LogP contribution in [0.15, 0.2) is 12.4 Å². The van der Waals surface area contributed by atoms with Gasteiger partial charge in [-0.05, 0) is 39.4 Å². The molecule has 19 heavy (non-hydrogen) atoms. The monoisotopic (exact) mass is 262 g/mol. The van der Waals surface area contributed by atoms with Crippen molar-refractivity contribution in [2.75, 3.05) is 26.7 Å². The highest BCUT2D eigenvalue weighted by Gasteiger charge is 2.28. The molecule has 0 spiro atoms. The van der Waals surface area contributed by atoms with Gasteiger partial charge >= 0.3 is 0 Å². The van der Waals surface area contributed by atoms with Gasteiger partial charge in [-0.15, -0.1) is 0 Å². The molecule has 1 aliphatic heterocycles. The third kappa shape index (κ3) is 3.74. The van der Waals surface area contributed by atoms with Gasteiger partial charge in [0.2, 0.25) is 0 Å². The second kappa shape index (κ2) is 6.44. The molecule has 0 saturated carbocycles. The van der Waals surface area contributed by atoms with E-state index in [1.165, 1.54) is 26.1 Å². The molecule has 2 heterocycles. The summed E-state index contributed by atoms with van der Waals surface area (Å²) in [6.45, 7) is 11.1. The lowest BCUT2D eigenvalue weighted by atomic mass is 9.92. The summed E-state index contributed by atoms with van der Waals surface area (Å²) in [7, 11) is 2.21. The first-order valence-electron chi connectivity index (χ1n) is 7.30. The van der Waals surface area contributed by atoms with E-state index in [1.54, 1.807) is 0 Å². The number of hydrogen-bond donors (Lipinski definition) is 0. The molecule has 1 aromatic heterocycles. The minimum absolute atomic E-state index is 0.658. The Morgan fingerprint density at radius 1 is 1.37 bits per heavy atom. The highest BCUT2D eigenvalue weighted by Crippen LogP contribution is 2.22. The molecule has 0 unspecified atom stereocenters. The standard InChI is InChI=1S/C15H26N4/c1-5-19-7-6-15(12(2)10-19)18(4)11-14-9-16-13(3)8-17-14/h8-9,12,15H,5-7,10-11H2,1-4H3/t12-,15+/m1/s1. The first-order chi connectivity index (χ1) is 9.10. The van der Waals surface area contributed by atoms with Crippen molar-refractivity contribution in [1.82, 2.24) is 19.8 Å². The fourth-order valence-corrected chi connectivity index (χ4v) is 3.04. The van der Waals surface area contributed by atoms with E-state index in [0.29, 0.717) is 6.04 Å². The molecule has 4 heteroatoms. The fourth-order valence-electron chi connectivity index (χ4n) is 3.04. The minimum atomic E-state index is 0.658. The van der Waals surface area contributed by atoms with Gasteiger partial charge in [-0.3, -0.25) is 14.9 Å². The van der Waals surface area contributed by atoms with Crippen LogP contribution in [0.5, 0.6) is 0 Å². The largest absolute Gasteiger partial charge is 0.303 e. The summed E-state index contributed by atoms with van der Waals surface area (Å²) in [5.74, 6) is 0.720. The van der Waals surface area contributed by atoms with E-state index in [4.69, 9.17) is 0 Å². The predicted octanol–water partition coefficient (Wildman–Crippen LogP) is 1.95. The Morgan fingerprint density at radius 3 is 2.74 bits per heavy atom. The van der Waals surface area contributed by atoms with Crippen molar-refractivity contribution >= 4 is 0 Å². The van der Waals surface area contributed by atoms with Gasteiger partial charge in [0.05, 0.1) is 11.4 Å². The molecule has 0 bridgehead atoms. The molecular weight excluding hydrogens is 236 g/mol. The minimum Gasteiger partial charge on any atom is -0.303 e. The van der Waals surface area contributed by atoms with Gasteiger partial charge in [-0.1, -0.05) is 13.8 Å². The van der Waals surface area contributed by atoms with E-state index < -0.39 is 0 Å². The summed E-state index contributed by atoms with van der Waals surface area (Å²) in [6, 6.07) is 0.658. The normalized spacial score (nSPS) is 24.9. The van der Waals surface area contributed by atoms with Gasteiger partial charge in [0, 0.05) is 31.5 Å². The highest BCUT2D eigenvalue weighted by molar-refractivity contribution is 5.01. The molecule has 1 fully saturated rings. The fraction of sp³-hybridized carbons (Fsp3) is 0.733. The third-order valence-electron chi connectivity index (χ3n) is 4.20. The van der Waals surface area contributed by atoms with Crippen LogP contribution < -0.4 is 0 Å². The van der Waals surface area contributed by atoms with Crippen LogP contribution in [-0.2, 0) is 6.54 Å². The number of rotatable bonds is 4. The lowest BCUT2D eigenvalue weighted by Crippen LogP contribution is -2.48. The van der Waals surface area contributed by atoms with Crippen molar-refractivity contribution in [2.45, 2.75) is 39.8 Å². The topological polar surface area (TPSA) is 32.3 Å². The number of aryl methyl sites for hydroxylation is 1. The van der Waals surface area contributed by atoms with Gasteiger partial charge in [0.25, 0.3) is 0 Å². The second-order valence-corrected chi connectivity index (χ2v) is 5.79. The zero-order chi connectivity index (χ0) is 13.8. The van der Waals surface area contributed by atoms with Gasteiger partial charge in [-0.25, -0.2) is 0 Å². The van der Waals surface area contributed by atoms with Crippen LogP contribution in [0.1, 0.15) is 31.7 Å². The summed E-state index contributed by atoms with van der Waals surface area (Å²) in [6.07, 6.45) is 5.01. The van der Waals surface area contributed by atoms with Crippen LogP contribution in [0.2, 0.25) is 0 Å². The number of likely N-dealkylation sites (tertiary alicyclic amines) is 1. The maximum absolute atomic E-state index is 4.45. The molecule has 4 nitrogen and oxygen atoms in total. The van der Waals surface area contributed by atoms with Crippen molar-refractivity contribution in [1.29, 1.82) is 0 Å². The maximum Gasteiger partial charge on any atom is 0.0727 e. The molecule has 0 N–H and O–H groups in total. The van der Waals surface area contributed by atoms with E-state index in [2.05, 4.69) is 40.7 Å². The summed E-state index contributed by atoms with van der Waals surface area (Å²) >= 11 is 0. The summed E-state index contributed by atoms with van der Waals surface area (Å²) in [4.78, 5) is 13.8. The quantitative estimate of drug-likeness (QED) is 0.830. The van der Waals surface area contributed by atoms with E-state index in [9.17, 15) is 0 Å². The maximum atomic E-state index is 4.45. The third-order valence-corrected chi connectivity index (χ3v) is 4.20. The van der Waals surface area contributed by atoms with Crippen molar-refractivity contribution in [3.8, 4) is 0 Å². The Labute approximate surface area is 116 Å². The Bertz CT molecular complexity index is 390. The Balaban J connectivity index is 1.92. The molecule has 0 aliphatic carbocycles. The number of piperidine rings is 1. The van der Waals surface area contributed by atoms with Crippen molar-refractivity contribution in [3.05, 3.63) is 23.8 Å². The van der Waals surface area contributed by atoms with E-state index in [0.717, 1.165) is 23.9 Å². The molecule has 1 saturated heterocycles. The molecule has 1 aromatic rings. The van der Waals surface area contributed by atoms with Gasteiger partial charge in [0.15, 0.2) is 0 Å². The molecule has 0 radical (unpaired) electrons. The Kier molecular flexibility index (Phi) is 4.88. The van der Waals surface area contributed by atoms with Crippen molar-refractivity contribution in [3.63, 3.8) is 0 Å². The van der Waals surface area contributed by atoms with Crippen LogP contribution in [-0.4, -0.2) is 52.5 Å². The van der Waals surface area contributed by atoms with E-state index >= 15 is 0 Å². The van der Waals surface area contributed by atoms with Crippen LogP contribution in [0.4, 0.5) is 0 Å². The number of nitrogens with zero attached hydrogens (tertiary/aromatic N) is 4. The number of hydrogen-bond acceptors (Lipinski definition) is 4. The van der Waals surface area contributed by atoms with Crippen LogP contribution in [0.25, 0.3) is 0 Å². The van der Waals surface area contributed by atoms with Crippen LogP contribution in [0, 0.1) is 12.8 Å². The molecular formula is C15H26N4. The molecule has 106 valence electrons. The summed E-state index contributed by atoms with van der Waals surface area (Å²) < 4.78 is 0. The molecule has 2 rings (SSSR count). The second-order valence-electron chi connectivity index (χ2n) is 5.79. The van der Waals surface area contributed by atoms with Crippen molar-refractivity contribution < 1.29 is 0 Å². The average Bonchev–Trinajstić information content (AvgIpc) is 2.41. The zero-order valence-corrected chi connectivity index (χ0v) is 12.6. The van der Waals surface area contributed by atoms with Gasteiger partial charge in [-0.2, -0.15) is 0 Å². The first-order valence-corrected chi connectivity index (χ1v) is 7.30. The Morgan fingerprint density at radius 2 is 2.16 bits per heavy atom. The predicted molar refractivity (Wildman–Crippen MR) is 77.9 cm³/mol. The average molecular weight is 262 g/mol. The highest BCUT2D eigenvalue weighted by atomic mass is 15.2. The van der Waals surface area contributed by atoms with Gasteiger partial charge < -0.3 is 4.90 Å². The molecule has 0 amide bonds. The number of aromatic nitrogens is 2. The first kappa shape index (κ1) is 14.4. The lowest BCUT2D eigenvalue weighted by molar-refractivity contribution is 0.0779. The SMILES string of the molecule is CCN1CC[C@H](N(C)Cc2cnc(C)cn2)[C@H](C)C1. The van der Waals surface area contributed by atoms with E-state index in [1.807, 2.05) is 19.3 Å². The van der Waals surface area contributed by atoms with E-state index in [-0.39, 0.29) is 0 Å². The molecule has 0 aromatic carbocycles. The summed E-state index contributed by atoms with van der Waals surface area (Å²) in [5, 5.41) is 0. The Hall–Kier alpha value is -1.00. The van der Waals surface area contributed by atoms with Crippen LogP contribution in [0.3, 0.4) is 0 Å². The molecule has 1 aliphatic rings. The molecule has 2 atom stereocenters. The van der Waals surface area contributed by atoms with Crippen LogP contribution >= 0.6 is 0 Å². The summed E-state index contributed by atoms with van der Waals surface area (Å²) in [5.41, 5.74) is 2.05. The van der Waals surface area contributed by atoms with Crippen molar-refractivity contribution in [2.24, 2.45) is 5.92 Å².